The molecular weight excluding hydrogens is 276 g/mol. The summed E-state index contributed by atoms with van der Waals surface area (Å²) in [5.74, 6) is -0.333. The molecule has 1 N–H and O–H groups in total. The summed E-state index contributed by atoms with van der Waals surface area (Å²) in [4.78, 5) is 25.6. The van der Waals surface area contributed by atoms with E-state index in [-0.39, 0.29) is 24.2 Å². The van der Waals surface area contributed by atoms with Crippen LogP contribution in [-0.4, -0.2) is 46.0 Å². The number of hydrogen-bond donors (Lipinski definition) is 1. The predicted octanol–water partition coefficient (Wildman–Crippen LogP) is 0.762. The zero-order valence-electron chi connectivity index (χ0n) is 12.3. The van der Waals surface area contributed by atoms with E-state index in [2.05, 4.69) is 15.5 Å². The van der Waals surface area contributed by atoms with Crippen molar-refractivity contribution in [3.8, 4) is 0 Å². The molecule has 0 aromatic carbocycles. The van der Waals surface area contributed by atoms with E-state index < -0.39 is 5.54 Å². The fraction of sp³-hybridized carbons (Fsp3) is 0.692. The van der Waals surface area contributed by atoms with Gasteiger partial charge in [0.05, 0.1) is 5.92 Å². The van der Waals surface area contributed by atoms with E-state index in [0.29, 0.717) is 13.0 Å². The summed E-state index contributed by atoms with van der Waals surface area (Å²) >= 11 is 1.54. The second-order valence-electron chi connectivity index (χ2n) is 5.62. The number of carbonyl (C=O) groups excluding carboxylic acids is 2. The highest BCUT2D eigenvalue weighted by molar-refractivity contribution is 7.11. The lowest BCUT2D eigenvalue weighted by molar-refractivity contribution is -0.128. The van der Waals surface area contributed by atoms with Gasteiger partial charge in [-0.2, -0.15) is 0 Å². The minimum atomic E-state index is -0.430. The Morgan fingerprint density at radius 1 is 1.50 bits per heavy atom. The van der Waals surface area contributed by atoms with Crippen LogP contribution in [0.15, 0.2) is 0 Å². The number of nitrogens with one attached hydrogen (secondary N) is 1. The first-order valence-electron chi connectivity index (χ1n) is 6.65. The van der Waals surface area contributed by atoms with Crippen LogP contribution in [0.4, 0.5) is 0 Å². The smallest absolute Gasteiger partial charge is 0.226 e. The first-order valence-corrected chi connectivity index (χ1v) is 7.47. The lowest BCUT2D eigenvalue weighted by Crippen LogP contribution is -2.47. The molecular formula is C13H20N4O2S. The van der Waals surface area contributed by atoms with E-state index in [1.165, 1.54) is 11.3 Å². The standard InChI is InChI=1S/C13H20N4O2S/c1-8-15-16-10(20-8)5-6-14-12(19)9-7-11(18)17(4)13(9,2)3/h9H,5-7H2,1-4H3,(H,14,19)/t9-/m1/s1. The SMILES string of the molecule is Cc1nnc(CCNC(=O)[C@H]2CC(=O)N(C)C2(C)C)s1. The third-order valence-corrected chi connectivity index (χ3v) is 4.89. The Kier molecular flexibility index (Phi) is 4.08. The van der Waals surface area contributed by atoms with E-state index in [1.807, 2.05) is 20.8 Å². The quantitative estimate of drug-likeness (QED) is 0.890. The van der Waals surface area contributed by atoms with Gasteiger partial charge < -0.3 is 10.2 Å². The van der Waals surface area contributed by atoms with E-state index in [1.54, 1.807) is 11.9 Å². The minimum Gasteiger partial charge on any atom is -0.355 e. The highest BCUT2D eigenvalue weighted by Gasteiger charge is 2.47. The van der Waals surface area contributed by atoms with Crippen LogP contribution in [0.3, 0.4) is 0 Å². The van der Waals surface area contributed by atoms with Crippen molar-refractivity contribution in [2.45, 2.75) is 39.2 Å². The van der Waals surface area contributed by atoms with Crippen molar-refractivity contribution >= 4 is 23.2 Å². The molecule has 0 aliphatic carbocycles. The fourth-order valence-electron chi connectivity index (χ4n) is 2.38. The Hall–Kier alpha value is -1.50. The van der Waals surface area contributed by atoms with Gasteiger partial charge in [-0.3, -0.25) is 9.59 Å². The molecule has 2 heterocycles. The average molecular weight is 296 g/mol. The Morgan fingerprint density at radius 2 is 2.20 bits per heavy atom. The maximum atomic E-state index is 12.2. The molecule has 1 aliphatic rings. The number of aryl methyl sites for hydroxylation is 1. The maximum Gasteiger partial charge on any atom is 0.226 e. The van der Waals surface area contributed by atoms with Gasteiger partial charge in [-0.05, 0) is 20.8 Å². The summed E-state index contributed by atoms with van der Waals surface area (Å²) in [5.41, 5.74) is -0.430. The van der Waals surface area contributed by atoms with E-state index in [0.717, 1.165) is 10.0 Å². The average Bonchev–Trinajstić information content (AvgIpc) is 2.87. The van der Waals surface area contributed by atoms with Crippen LogP contribution in [-0.2, 0) is 16.0 Å². The topological polar surface area (TPSA) is 75.2 Å². The zero-order valence-corrected chi connectivity index (χ0v) is 13.1. The summed E-state index contributed by atoms with van der Waals surface area (Å²) < 4.78 is 0. The highest BCUT2D eigenvalue weighted by Crippen LogP contribution is 2.34. The van der Waals surface area contributed by atoms with Gasteiger partial charge in [-0.1, -0.05) is 0 Å². The monoisotopic (exact) mass is 296 g/mol. The van der Waals surface area contributed by atoms with Gasteiger partial charge in [-0.15, -0.1) is 21.5 Å². The van der Waals surface area contributed by atoms with Crippen molar-refractivity contribution in [1.29, 1.82) is 0 Å². The Balaban J connectivity index is 1.88. The number of hydrogen-bond acceptors (Lipinski definition) is 5. The van der Waals surface area contributed by atoms with Crippen molar-refractivity contribution in [3.05, 3.63) is 10.0 Å². The summed E-state index contributed by atoms with van der Waals surface area (Å²) in [6.45, 7) is 6.28. The maximum absolute atomic E-state index is 12.2. The number of nitrogens with zero attached hydrogens (tertiary/aromatic N) is 3. The molecule has 2 amide bonds. The van der Waals surface area contributed by atoms with Crippen LogP contribution in [0.1, 0.15) is 30.3 Å². The second kappa shape index (κ2) is 5.47. The summed E-state index contributed by atoms with van der Waals surface area (Å²) in [5, 5.41) is 12.7. The Morgan fingerprint density at radius 3 is 2.70 bits per heavy atom. The first kappa shape index (κ1) is 14.9. The van der Waals surface area contributed by atoms with Crippen molar-refractivity contribution < 1.29 is 9.59 Å². The summed E-state index contributed by atoms with van der Waals surface area (Å²) in [6, 6.07) is 0. The van der Waals surface area contributed by atoms with Gasteiger partial charge in [-0.25, -0.2) is 0 Å². The number of likely N-dealkylation sites (tertiary alicyclic amines) is 1. The molecule has 1 aromatic heterocycles. The number of carbonyl (C=O) groups is 2. The molecule has 1 aromatic rings. The third-order valence-electron chi connectivity index (χ3n) is 3.99. The molecule has 20 heavy (non-hydrogen) atoms. The molecule has 0 radical (unpaired) electrons. The molecule has 6 nitrogen and oxygen atoms in total. The second-order valence-corrected chi connectivity index (χ2v) is 6.89. The first-order chi connectivity index (χ1) is 9.32. The summed E-state index contributed by atoms with van der Waals surface area (Å²) in [6.07, 6.45) is 0.960. The normalized spacial score (nSPS) is 21.3. The molecule has 1 saturated heterocycles. The molecule has 0 spiro atoms. The Bertz CT molecular complexity index is 526. The molecule has 0 bridgehead atoms. The van der Waals surface area contributed by atoms with Crippen LogP contribution < -0.4 is 5.32 Å². The molecule has 2 rings (SSSR count). The van der Waals surface area contributed by atoms with Crippen LogP contribution in [0.2, 0.25) is 0 Å². The van der Waals surface area contributed by atoms with E-state index in [4.69, 9.17) is 0 Å². The van der Waals surface area contributed by atoms with Crippen LogP contribution in [0, 0.1) is 12.8 Å². The summed E-state index contributed by atoms with van der Waals surface area (Å²) in [7, 11) is 1.75. The van der Waals surface area contributed by atoms with Crippen LogP contribution in [0.5, 0.6) is 0 Å². The molecule has 7 heteroatoms. The molecule has 1 atom stereocenters. The van der Waals surface area contributed by atoms with Crippen molar-refractivity contribution in [1.82, 2.24) is 20.4 Å². The largest absolute Gasteiger partial charge is 0.355 e. The minimum absolute atomic E-state index is 0.0231. The van der Waals surface area contributed by atoms with Crippen molar-refractivity contribution in [3.63, 3.8) is 0 Å². The lowest BCUT2D eigenvalue weighted by atomic mass is 9.88. The van der Waals surface area contributed by atoms with Crippen molar-refractivity contribution in [2.75, 3.05) is 13.6 Å². The highest BCUT2D eigenvalue weighted by atomic mass is 32.1. The van der Waals surface area contributed by atoms with Gasteiger partial charge in [0.2, 0.25) is 11.8 Å². The fourth-order valence-corrected chi connectivity index (χ4v) is 3.09. The van der Waals surface area contributed by atoms with Gasteiger partial charge in [0.1, 0.15) is 10.0 Å². The predicted molar refractivity (Wildman–Crippen MR) is 76.3 cm³/mol. The molecule has 110 valence electrons. The molecule has 1 aliphatic heterocycles. The van der Waals surface area contributed by atoms with Crippen LogP contribution >= 0.6 is 11.3 Å². The van der Waals surface area contributed by atoms with Crippen molar-refractivity contribution in [2.24, 2.45) is 5.92 Å². The van der Waals surface area contributed by atoms with E-state index >= 15 is 0 Å². The third kappa shape index (κ3) is 2.82. The van der Waals surface area contributed by atoms with Gasteiger partial charge in [0, 0.05) is 32.0 Å². The van der Waals surface area contributed by atoms with E-state index in [9.17, 15) is 9.59 Å². The number of aromatic nitrogens is 2. The molecule has 0 saturated carbocycles. The van der Waals surface area contributed by atoms with Crippen LogP contribution in [0.25, 0.3) is 0 Å². The molecule has 1 fully saturated rings. The number of rotatable bonds is 4. The lowest BCUT2D eigenvalue weighted by Gasteiger charge is -2.32. The molecule has 0 unspecified atom stereocenters. The zero-order chi connectivity index (χ0) is 14.9. The van der Waals surface area contributed by atoms with Gasteiger partial charge in [0.25, 0.3) is 0 Å². The van der Waals surface area contributed by atoms with Gasteiger partial charge in [0.15, 0.2) is 0 Å². The Labute approximate surface area is 122 Å². The van der Waals surface area contributed by atoms with Gasteiger partial charge >= 0.3 is 0 Å². The number of amides is 2.